The molecule has 1 aliphatic carbocycles. The molecule has 0 saturated heterocycles. The third-order valence-electron chi connectivity index (χ3n) is 5.16. The zero-order valence-corrected chi connectivity index (χ0v) is 16.2. The molecule has 0 N–H and O–H groups in total. The van der Waals surface area contributed by atoms with Crippen molar-refractivity contribution >= 4 is 24.1 Å². The van der Waals surface area contributed by atoms with Crippen molar-refractivity contribution in [2.24, 2.45) is 5.41 Å². The Morgan fingerprint density at radius 3 is 1.71 bits per heavy atom. The summed E-state index contributed by atoms with van der Waals surface area (Å²) in [4.78, 5) is 25.2. The van der Waals surface area contributed by atoms with E-state index in [-0.39, 0.29) is 6.42 Å². The topological polar surface area (TPSA) is 52.6 Å². The molecule has 0 heterocycles. The van der Waals surface area contributed by atoms with Crippen LogP contribution in [0.2, 0.25) is 0 Å². The van der Waals surface area contributed by atoms with Crippen LogP contribution in [0.15, 0.2) is 71.8 Å². The van der Waals surface area contributed by atoms with Crippen molar-refractivity contribution in [1.82, 2.24) is 0 Å². The Labute approximate surface area is 165 Å². The van der Waals surface area contributed by atoms with Gasteiger partial charge in [0.15, 0.2) is 5.41 Å². The van der Waals surface area contributed by atoms with Gasteiger partial charge in [0.25, 0.3) is 0 Å². The molecule has 0 unspecified atom stereocenters. The van der Waals surface area contributed by atoms with Crippen molar-refractivity contribution in [3.05, 3.63) is 82.9 Å². The van der Waals surface area contributed by atoms with Gasteiger partial charge in [0, 0.05) is 0 Å². The quantitative estimate of drug-likeness (QED) is 0.575. The van der Waals surface area contributed by atoms with Crippen molar-refractivity contribution in [2.45, 2.75) is 19.3 Å². The predicted octanol–water partition coefficient (Wildman–Crippen LogP) is 4.67. The first-order chi connectivity index (χ1) is 13.6. The van der Waals surface area contributed by atoms with Crippen LogP contribution in [0, 0.1) is 5.41 Å². The molecular weight excluding hydrogens is 352 g/mol. The molecule has 0 bridgehead atoms. The van der Waals surface area contributed by atoms with Gasteiger partial charge >= 0.3 is 11.9 Å². The number of hydrogen-bond donors (Lipinski definition) is 0. The fraction of sp³-hybridized carbons (Fsp3) is 0.250. The zero-order valence-electron chi connectivity index (χ0n) is 16.2. The van der Waals surface area contributed by atoms with E-state index < -0.39 is 17.4 Å². The SMILES string of the molecule is COC(=O)C1(C(=O)OC)CCC(=C/c2ccccc2)/C(=C/c2ccccc2)C1. The van der Waals surface area contributed by atoms with Crippen LogP contribution in [0.3, 0.4) is 0 Å². The monoisotopic (exact) mass is 376 g/mol. The van der Waals surface area contributed by atoms with Crippen LogP contribution in [-0.4, -0.2) is 26.2 Å². The van der Waals surface area contributed by atoms with Crippen LogP contribution in [0.4, 0.5) is 0 Å². The molecule has 0 atom stereocenters. The summed E-state index contributed by atoms with van der Waals surface area (Å²) in [6.45, 7) is 0. The highest BCUT2D eigenvalue weighted by Crippen LogP contribution is 2.45. The highest BCUT2D eigenvalue weighted by molar-refractivity contribution is 6.01. The molecule has 3 rings (SSSR count). The van der Waals surface area contributed by atoms with Gasteiger partial charge in [0.2, 0.25) is 0 Å². The molecule has 1 fully saturated rings. The summed E-state index contributed by atoms with van der Waals surface area (Å²) in [6.07, 6.45) is 5.34. The van der Waals surface area contributed by atoms with E-state index in [9.17, 15) is 9.59 Å². The number of ether oxygens (including phenoxy) is 2. The van der Waals surface area contributed by atoms with E-state index in [4.69, 9.17) is 9.47 Å². The van der Waals surface area contributed by atoms with E-state index in [0.717, 1.165) is 22.3 Å². The minimum absolute atomic E-state index is 0.250. The van der Waals surface area contributed by atoms with Crippen molar-refractivity contribution in [1.29, 1.82) is 0 Å². The molecule has 0 amide bonds. The lowest BCUT2D eigenvalue weighted by atomic mass is 9.69. The van der Waals surface area contributed by atoms with Gasteiger partial charge in [-0.15, -0.1) is 0 Å². The van der Waals surface area contributed by atoms with Gasteiger partial charge < -0.3 is 9.47 Å². The van der Waals surface area contributed by atoms with Gasteiger partial charge in [-0.3, -0.25) is 9.59 Å². The van der Waals surface area contributed by atoms with Crippen LogP contribution in [0.25, 0.3) is 12.2 Å². The van der Waals surface area contributed by atoms with Crippen LogP contribution >= 0.6 is 0 Å². The maximum absolute atomic E-state index is 12.6. The highest BCUT2D eigenvalue weighted by atomic mass is 16.5. The smallest absolute Gasteiger partial charge is 0.323 e. The van der Waals surface area contributed by atoms with Gasteiger partial charge in [0.1, 0.15) is 0 Å². The summed E-state index contributed by atoms with van der Waals surface area (Å²) in [5.74, 6) is -1.09. The predicted molar refractivity (Wildman–Crippen MR) is 109 cm³/mol. The molecule has 0 aliphatic heterocycles. The maximum Gasteiger partial charge on any atom is 0.323 e. The standard InChI is InChI=1S/C24H24O4/c1-27-22(25)24(23(26)28-2)14-13-20(15-18-9-5-3-6-10-18)21(17-24)16-19-11-7-4-8-12-19/h3-12,15-16H,13-14,17H2,1-2H3/b20-15-,21-16+. The van der Waals surface area contributed by atoms with Crippen molar-refractivity contribution < 1.29 is 19.1 Å². The number of carbonyl (C=O) groups excluding carboxylic acids is 2. The molecule has 144 valence electrons. The van der Waals surface area contributed by atoms with Crippen molar-refractivity contribution in [3.8, 4) is 0 Å². The molecule has 0 spiro atoms. The summed E-state index contributed by atoms with van der Waals surface area (Å²) in [5.41, 5.74) is 2.84. The zero-order chi connectivity index (χ0) is 20.0. The second-order valence-corrected chi connectivity index (χ2v) is 6.90. The number of carbonyl (C=O) groups is 2. The maximum atomic E-state index is 12.6. The molecule has 0 radical (unpaired) electrons. The fourth-order valence-corrected chi connectivity index (χ4v) is 3.67. The third-order valence-corrected chi connectivity index (χ3v) is 5.16. The first-order valence-corrected chi connectivity index (χ1v) is 9.27. The summed E-state index contributed by atoms with van der Waals surface area (Å²) in [7, 11) is 2.62. The van der Waals surface area contributed by atoms with Gasteiger partial charge in [-0.1, -0.05) is 72.8 Å². The molecule has 1 aliphatic rings. The summed E-state index contributed by atoms with van der Waals surface area (Å²) in [6, 6.07) is 19.9. The average Bonchev–Trinajstić information content (AvgIpc) is 2.75. The van der Waals surface area contributed by atoms with Crippen LogP contribution in [0.1, 0.15) is 30.4 Å². The first-order valence-electron chi connectivity index (χ1n) is 9.27. The molecular formula is C24H24O4. The molecule has 28 heavy (non-hydrogen) atoms. The average molecular weight is 376 g/mol. The summed E-state index contributed by atoms with van der Waals surface area (Å²) in [5, 5.41) is 0. The number of benzene rings is 2. The third kappa shape index (κ3) is 4.06. The van der Waals surface area contributed by atoms with E-state index in [1.165, 1.54) is 14.2 Å². The fourth-order valence-electron chi connectivity index (χ4n) is 3.67. The van der Waals surface area contributed by atoms with E-state index in [2.05, 4.69) is 6.08 Å². The van der Waals surface area contributed by atoms with Gasteiger partial charge in [-0.2, -0.15) is 0 Å². The van der Waals surface area contributed by atoms with Gasteiger partial charge in [-0.25, -0.2) is 0 Å². The number of methoxy groups -OCH3 is 2. The normalized spacial score (nSPS) is 18.6. The molecule has 2 aromatic rings. The molecule has 1 saturated carbocycles. The second kappa shape index (κ2) is 8.70. The van der Waals surface area contributed by atoms with Crippen LogP contribution < -0.4 is 0 Å². The number of rotatable bonds is 4. The molecule has 0 aromatic heterocycles. The molecule has 4 nitrogen and oxygen atoms in total. The molecule has 4 heteroatoms. The van der Waals surface area contributed by atoms with Gasteiger partial charge in [0.05, 0.1) is 14.2 Å². The highest BCUT2D eigenvalue weighted by Gasteiger charge is 2.51. The van der Waals surface area contributed by atoms with E-state index in [1.54, 1.807) is 0 Å². The van der Waals surface area contributed by atoms with Crippen LogP contribution in [-0.2, 0) is 19.1 Å². The van der Waals surface area contributed by atoms with Crippen LogP contribution in [0.5, 0.6) is 0 Å². The minimum atomic E-state index is -1.31. The Morgan fingerprint density at radius 2 is 1.25 bits per heavy atom. The number of allylic oxidation sites excluding steroid dienone is 2. The van der Waals surface area contributed by atoms with E-state index >= 15 is 0 Å². The first kappa shape index (κ1) is 19.6. The van der Waals surface area contributed by atoms with E-state index in [0.29, 0.717) is 12.8 Å². The van der Waals surface area contributed by atoms with Crippen molar-refractivity contribution in [2.75, 3.05) is 14.2 Å². The lowest BCUT2D eigenvalue weighted by Crippen LogP contribution is -2.43. The Kier molecular flexibility index (Phi) is 6.09. The van der Waals surface area contributed by atoms with Crippen molar-refractivity contribution in [3.63, 3.8) is 0 Å². The lowest BCUT2D eigenvalue weighted by Gasteiger charge is -2.34. The summed E-state index contributed by atoms with van der Waals surface area (Å²) < 4.78 is 9.96. The number of hydrogen-bond acceptors (Lipinski definition) is 4. The Bertz CT molecular complexity index is 879. The Morgan fingerprint density at radius 1 is 0.786 bits per heavy atom. The Balaban J connectivity index is 2.07. The Hall–Kier alpha value is -3.14. The molecule has 2 aromatic carbocycles. The largest absolute Gasteiger partial charge is 0.468 e. The summed E-state index contributed by atoms with van der Waals surface area (Å²) >= 11 is 0. The van der Waals surface area contributed by atoms with Gasteiger partial charge in [-0.05, 0) is 41.5 Å². The second-order valence-electron chi connectivity index (χ2n) is 6.90. The lowest BCUT2D eigenvalue weighted by molar-refractivity contribution is -0.170. The minimum Gasteiger partial charge on any atom is -0.468 e. The van der Waals surface area contributed by atoms with E-state index in [1.807, 2.05) is 66.7 Å². The number of esters is 2.